The number of phenols is 1. The van der Waals surface area contributed by atoms with Gasteiger partial charge in [-0.1, -0.05) is 12.1 Å². The summed E-state index contributed by atoms with van der Waals surface area (Å²) in [5.74, 6) is -0.0744. The molecule has 0 saturated heterocycles. The van der Waals surface area contributed by atoms with Crippen molar-refractivity contribution in [2.24, 2.45) is 0 Å². The van der Waals surface area contributed by atoms with Crippen LogP contribution in [-0.4, -0.2) is 16.6 Å². The van der Waals surface area contributed by atoms with Gasteiger partial charge in [-0.25, -0.2) is 4.39 Å². The fourth-order valence-corrected chi connectivity index (χ4v) is 3.25. The third-order valence-electron chi connectivity index (χ3n) is 4.44. The van der Waals surface area contributed by atoms with E-state index in [-0.39, 0.29) is 11.7 Å². The molecule has 0 unspecified atom stereocenters. The Bertz CT molecular complexity index is 955. The van der Waals surface area contributed by atoms with Crippen LogP contribution in [0.3, 0.4) is 0 Å². The first-order valence-corrected chi connectivity index (χ1v) is 7.91. The van der Waals surface area contributed by atoms with Crippen molar-refractivity contribution in [1.82, 2.24) is 0 Å². The first-order valence-electron chi connectivity index (χ1n) is 7.91. The Morgan fingerprint density at radius 1 is 1.12 bits per heavy atom. The molecule has 0 saturated carbocycles. The Morgan fingerprint density at radius 3 is 2.56 bits per heavy atom. The molecule has 2 aliphatic heterocycles. The van der Waals surface area contributed by atoms with Gasteiger partial charge in [-0.05, 0) is 55.8 Å². The number of carbonyl (C=O) groups excluding carboxylic acids is 1. The van der Waals surface area contributed by atoms with Crippen LogP contribution in [0.4, 0.5) is 10.1 Å². The quantitative estimate of drug-likeness (QED) is 0.771. The SMILES string of the molecule is CC1(C)O/C(=C2/C(=O)Nc3cc(F)ccc32)C=C1c1ccc(O)cc1. The molecular formula is C20H16FNO3. The highest BCUT2D eigenvalue weighted by molar-refractivity contribution is 6.32. The lowest BCUT2D eigenvalue weighted by Crippen LogP contribution is -2.21. The third-order valence-corrected chi connectivity index (χ3v) is 4.44. The van der Waals surface area contributed by atoms with Crippen molar-refractivity contribution in [3.8, 4) is 5.75 Å². The number of allylic oxidation sites excluding steroid dienone is 1. The number of hydrogen-bond donors (Lipinski definition) is 2. The minimum absolute atomic E-state index is 0.186. The van der Waals surface area contributed by atoms with E-state index in [0.29, 0.717) is 22.6 Å². The molecule has 0 bridgehead atoms. The number of phenolic OH excluding ortho intramolecular Hbond substituents is 1. The van der Waals surface area contributed by atoms with Gasteiger partial charge in [-0.15, -0.1) is 0 Å². The standard InChI is InChI=1S/C20H16FNO3/c1-20(2)15(11-3-6-13(23)7-4-11)10-17(25-20)18-14-8-5-12(21)9-16(14)22-19(18)24/h3-10,23H,1-2H3,(H,22,24)/b18-17+. The summed E-state index contributed by atoms with van der Waals surface area (Å²) >= 11 is 0. The summed E-state index contributed by atoms with van der Waals surface area (Å²) in [4.78, 5) is 12.4. The molecule has 4 nitrogen and oxygen atoms in total. The van der Waals surface area contributed by atoms with Gasteiger partial charge in [-0.3, -0.25) is 4.79 Å². The monoisotopic (exact) mass is 337 g/mol. The summed E-state index contributed by atoms with van der Waals surface area (Å²) in [7, 11) is 0. The number of carbonyl (C=O) groups is 1. The maximum atomic E-state index is 13.4. The lowest BCUT2D eigenvalue weighted by atomic mass is 9.92. The number of halogens is 1. The maximum Gasteiger partial charge on any atom is 0.260 e. The molecule has 0 atom stereocenters. The number of ether oxygens (including phenoxy) is 1. The van der Waals surface area contributed by atoms with Crippen LogP contribution >= 0.6 is 0 Å². The van der Waals surface area contributed by atoms with Gasteiger partial charge in [0, 0.05) is 11.1 Å². The number of fused-ring (bicyclic) bond motifs is 1. The molecule has 0 aromatic heterocycles. The maximum absolute atomic E-state index is 13.4. The second-order valence-corrected chi connectivity index (χ2v) is 6.60. The predicted molar refractivity (Wildman–Crippen MR) is 93.2 cm³/mol. The molecule has 2 aliphatic rings. The summed E-state index contributed by atoms with van der Waals surface area (Å²) in [5, 5.41) is 12.2. The summed E-state index contributed by atoms with van der Waals surface area (Å²) in [6.45, 7) is 3.83. The van der Waals surface area contributed by atoms with Crippen molar-refractivity contribution >= 4 is 22.7 Å². The van der Waals surface area contributed by atoms with E-state index in [0.717, 1.165) is 11.1 Å². The number of anilines is 1. The summed E-state index contributed by atoms with van der Waals surface area (Å²) in [6, 6.07) is 11.0. The zero-order valence-corrected chi connectivity index (χ0v) is 13.8. The fourth-order valence-electron chi connectivity index (χ4n) is 3.25. The summed E-state index contributed by atoms with van der Waals surface area (Å²) in [6.07, 6.45) is 1.83. The highest BCUT2D eigenvalue weighted by Gasteiger charge is 2.37. The third kappa shape index (κ3) is 2.48. The normalized spacial score (nSPS) is 20.8. The second-order valence-electron chi connectivity index (χ2n) is 6.60. The molecule has 2 heterocycles. The van der Waals surface area contributed by atoms with Crippen LogP contribution in [0.15, 0.2) is 54.3 Å². The van der Waals surface area contributed by atoms with Crippen LogP contribution in [0, 0.1) is 5.82 Å². The van der Waals surface area contributed by atoms with E-state index in [1.165, 1.54) is 12.1 Å². The van der Waals surface area contributed by atoms with Gasteiger partial charge in [0.15, 0.2) is 0 Å². The minimum atomic E-state index is -0.637. The topological polar surface area (TPSA) is 58.6 Å². The van der Waals surface area contributed by atoms with Crippen LogP contribution in [0.1, 0.15) is 25.0 Å². The van der Waals surface area contributed by atoms with Gasteiger partial charge < -0.3 is 15.2 Å². The van der Waals surface area contributed by atoms with Crippen LogP contribution in [0.5, 0.6) is 5.75 Å². The Kier molecular flexibility index (Phi) is 3.22. The van der Waals surface area contributed by atoms with E-state index in [2.05, 4.69) is 5.32 Å². The summed E-state index contributed by atoms with van der Waals surface area (Å²) < 4.78 is 19.5. The average Bonchev–Trinajstić information content (AvgIpc) is 3.03. The van der Waals surface area contributed by atoms with Gasteiger partial charge in [0.2, 0.25) is 0 Å². The number of hydrogen-bond acceptors (Lipinski definition) is 3. The van der Waals surface area contributed by atoms with E-state index >= 15 is 0 Å². The van der Waals surface area contributed by atoms with Gasteiger partial charge >= 0.3 is 0 Å². The van der Waals surface area contributed by atoms with E-state index in [9.17, 15) is 14.3 Å². The van der Waals surface area contributed by atoms with Crippen molar-refractivity contribution in [2.45, 2.75) is 19.4 Å². The zero-order chi connectivity index (χ0) is 17.8. The first kappa shape index (κ1) is 15.4. The van der Waals surface area contributed by atoms with Gasteiger partial charge in [0.1, 0.15) is 22.9 Å². The average molecular weight is 337 g/mol. The van der Waals surface area contributed by atoms with Crippen molar-refractivity contribution in [1.29, 1.82) is 0 Å². The van der Waals surface area contributed by atoms with E-state index in [4.69, 9.17) is 4.74 Å². The van der Waals surface area contributed by atoms with E-state index in [1.54, 1.807) is 30.3 Å². The molecule has 1 amide bonds. The molecule has 5 heteroatoms. The van der Waals surface area contributed by atoms with Crippen molar-refractivity contribution in [3.63, 3.8) is 0 Å². The Hall–Kier alpha value is -3.08. The van der Waals surface area contributed by atoms with Crippen LogP contribution < -0.4 is 5.32 Å². The molecule has 25 heavy (non-hydrogen) atoms. The van der Waals surface area contributed by atoms with Crippen LogP contribution in [-0.2, 0) is 9.53 Å². The lowest BCUT2D eigenvalue weighted by molar-refractivity contribution is -0.111. The molecule has 2 aromatic carbocycles. The molecular weight excluding hydrogens is 321 g/mol. The second kappa shape index (κ2) is 5.21. The molecule has 2 aromatic rings. The predicted octanol–water partition coefficient (Wildman–Crippen LogP) is 4.09. The lowest BCUT2D eigenvalue weighted by Gasteiger charge is -2.23. The summed E-state index contributed by atoms with van der Waals surface area (Å²) in [5.41, 5.74) is 2.63. The van der Waals surface area contributed by atoms with Crippen molar-refractivity contribution in [3.05, 3.63) is 71.2 Å². The first-order chi connectivity index (χ1) is 11.8. The van der Waals surface area contributed by atoms with Gasteiger partial charge in [-0.2, -0.15) is 0 Å². The largest absolute Gasteiger partial charge is 0.508 e. The van der Waals surface area contributed by atoms with E-state index in [1.807, 2.05) is 19.9 Å². The van der Waals surface area contributed by atoms with Crippen LogP contribution in [0.25, 0.3) is 11.1 Å². The zero-order valence-electron chi connectivity index (χ0n) is 13.8. The fraction of sp³-hybridized carbons (Fsp3) is 0.150. The molecule has 126 valence electrons. The number of benzene rings is 2. The highest BCUT2D eigenvalue weighted by Crippen LogP contribution is 2.44. The molecule has 0 spiro atoms. The molecule has 2 N–H and O–H groups in total. The Morgan fingerprint density at radius 2 is 1.84 bits per heavy atom. The minimum Gasteiger partial charge on any atom is -0.508 e. The molecule has 4 rings (SSSR count). The van der Waals surface area contributed by atoms with Crippen molar-refractivity contribution < 1.29 is 19.0 Å². The Balaban J connectivity index is 1.86. The van der Waals surface area contributed by atoms with Gasteiger partial charge in [0.25, 0.3) is 5.91 Å². The number of rotatable bonds is 1. The Labute approximate surface area is 144 Å². The van der Waals surface area contributed by atoms with E-state index < -0.39 is 11.4 Å². The molecule has 0 radical (unpaired) electrons. The molecule has 0 aliphatic carbocycles. The molecule has 0 fully saturated rings. The highest BCUT2D eigenvalue weighted by atomic mass is 19.1. The smallest absolute Gasteiger partial charge is 0.260 e. The number of amides is 1. The van der Waals surface area contributed by atoms with Crippen LogP contribution in [0.2, 0.25) is 0 Å². The number of aromatic hydroxyl groups is 1. The number of nitrogens with one attached hydrogen (secondary N) is 1. The van der Waals surface area contributed by atoms with Crippen molar-refractivity contribution in [2.75, 3.05) is 5.32 Å². The van der Waals surface area contributed by atoms with Gasteiger partial charge in [0.05, 0.1) is 11.3 Å².